The molecule has 0 bridgehead atoms. The molecule has 118 valence electrons. The SMILES string of the molecule is COC(=O)c1nc(CCNC(=O)OCC(F)(F)F)sc1C. The van der Waals surface area contributed by atoms with E-state index in [1.165, 1.54) is 18.4 Å². The second-order valence-corrected chi connectivity index (χ2v) is 5.16. The summed E-state index contributed by atoms with van der Waals surface area (Å²) in [5.74, 6) is -0.562. The van der Waals surface area contributed by atoms with Crippen molar-refractivity contribution in [3.8, 4) is 0 Å². The Morgan fingerprint density at radius 3 is 2.62 bits per heavy atom. The number of aryl methyl sites for hydroxylation is 1. The molecule has 10 heteroatoms. The molecule has 0 spiro atoms. The van der Waals surface area contributed by atoms with Crippen molar-refractivity contribution in [3.05, 3.63) is 15.6 Å². The first-order chi connectivity index (χ1) is 9.73. The Labute approximate surface area is 122 Å². The van der Waals surface area contributed by atoms with E-state index in [0.29, 0.717) is 9.88 Å². The average Bonchev–Trinajstić information content (AvgIpc) is 2.76. The van der Waals surface area contributed by atoms with Crippen molar-refractivity contribution >= 4 is 23.4 Å². The fourth-order valence-electron chi connectivity index (χ4n) is 1.31. The third kappa shape index (κ3) is 5.98. The summed E-state index contributed by atoms with van der Waals surface area (Å²) in [4.78, 5) is 27.0. The summed E-state index contributed by atoms with van der Waals surface area (Å²) in [6.07, 6.45) is -5.45. The third-order valence-corrected chi connectivity index (χ3v) is 3.23. The largest absolute Gasteiger partial charge is 0.464 e. The van der Waals surface area contributed by atoms with Crippen LogP contribution in [0.1, 0.15) is 20.4 Å². The maximum absolute atomic E-state index is 11.8. The molecule has 0 saturated carbocycles. The summed E-state index contributed by atoms with van der Waals surface area (Å²) < 4.78 is 43.9. The summed E-state index contributed by atoms with van der Waals surface area (Å²) in [5, 5.41) is 2.72. The highest BCUT2D eigenvalue weighted by Gasteiger charge is 2.29. The van der Waals surface area contributed by atoms with Crippen LogP contribution >= 0.6 is 11.3 Å². The zero-order valence-corrected chi connectivity index (χ0v) is 12.1. The first kappa shape index (κ1) is 17.2. The highest BCUT2D eigenvalue weighted by atomic mass is 32.1. The zero-order valence-electron chi connectivity index (χ0n) is 11.2. The summed E-state index contributed by atoms with van der Waals surface area (Å²) >= 11 is 1.24. The lowest BCUT2D eigenvalue weighted by molar-refractivity contribution is -0.160. The van der Waals surface area contributed by atoms with Gasteiger partial charge in [-0.2, -0.15) is 13.2 Å². The second kappa shape index (κ2) is 7.25. The average molecular weight is 326 g/mol. The Balaban J connectivity index is 2.39. The van der Waals surface area contributed by atoms with Crippen molar-refractivity contribution in [1.82, 2.24) is 10.3 Å². The minimum Gasteiger partial charge on any atom is -0.464 e. The van der Waals surface area contributed by atoms with Crippen LogP contribution in [-0.2, 0) is 15.9 Å². The fourth-order valence-corrected chi connectivity index (χ4v) is 2.23. The van der Waals surface area contributed by atoms with Crippen LogP contribution in [0.3, 0.4) is 0 Å². The molecule has 0 aliphatic heterocycles. The number of nitrogens with zero attached hydrogens (tertiary/aromatic N) is 1. The standard InChI is InChI=1S/C11H13F3N2O4S/c1-6-8(9(17)19-2)16-7(21-6)3-4-15-10(18)20-5-11(12,13)14/h3-5H2,1-2H3,(H,15,18). The molecule has 0 fully saturated rings. The molecule has 1 aromatic heterocycles. The van der Waals surface area contributed by atoms with E-state index >= 15 is 0 Å². The van der Waals surface area contributed by atoms with Gasteiger partial charge in [0, 0.05) is 17.8 Å². The Bertz CT molecular complexity index is 516. The molecule has 1 heterocycles. The van der Waals surface area contributed by atoms with E-state index < -0.39 is 24.8 Å². The molecule has 1 rings (SSSR count). The van der Waals surface area contributed by atoms with Gasteiger partial charge in [0.15, 0.2) is 12.3 Å². The summed E-state index contributed by atoms with van der Waals surface area (Å²) in [6, 6.07) is 0. The lowest BCUT2D eigenvalue weighted by atomic mass is 10.4. The zero-order chi connectivity index (χ0) is 16.0. The van der Waals surface area contributed by atoms with Gasteiger partial charge < -0.3 is 14.8 Å². The van der Waals surface area contributed by atoms with Gasteiger partial charge in [-0.15, -0.1) is 11.3 Å². The first-order valence-corrected chi connectivity index (χ1v) is 6.56. The number of halogens is 3. The van der Waals surface area contributed by atoms with Crippen LogP contribution < -0.4 is 5.32 Å². The van der Waals surface area contributed by atoms with Crippen molar-refractivity contribution in [2.75, 3.05) is 20.3 Å². The summed E-state index contributed by atoms with van der Waals surface area (Å²) in [5.41, 5.74) is 0.192. The van der Waals surface area contributed by atoms with E-state index in [-0.39, 0.29) is 18.7 Å². The minimum atomic E-state index is -4.56. The molecule has 0 aliphatic rings. The van der Waals surface area contributed by atoms with Gasteiger partial charge in [0.05, 0.1) is 12.1 Å². The van der Waals surface area contributed by atoms with Crippen LogP contribution in [0, 0.1) is 6.92 Å². The number of amides is 1. The molecule has 6 nitrogen and oxygen atoms in total. The number of alkyl carbamates (subject to hydrolysis) is 1. The molecule has 0 radical (unpaired) electrons. The first-order valence-electron chi connectivity index (χ1n) is 5.75. The van der Waals surface area contributed by atoms with E-state index in [4.69, 9.17) is 0 Å². The van der Waals surface area contributed by atoms with E-state index in [9.17, 15) is 22.8 Å². The Morgan fingerprint density at radius 1 is 1.38 bits per heavy atom. The molecule has 1 aromatic rings. The molecule has 1 N–H and O–H groups in total. The van der Waals surface area contributed by atoms with E-state index in [0.717, 1.165) is 0 Å². The number of aromatic nitrogens is 1. The second-order valence-electron chi connectivity index (χ2n) is 3.87. The fraction of sp³-hybridized carbons (Fsp3) is 0.545. The topological polar surface area (TPSA) is 77.5 Å². The Hall–Kier alpha value is -1.84. The van der Waals surface area contributed by atoms with Crippen molar-refractivity contribution in [2.45, 2.75) is 19.5 Å². The number of thiazole rings is 1. The molecule has 0 aliphatic carbocycles. The van der Waals surface area contributed by atoms with E-state index in [1.54, 1.807) is 6.92 Å². The molecular formula is C11H13F3N2O4S. The lowest BCUT2D eigenvalue weighted by Gasteiger charge is -2.08. The van der Waals surface area contributed by atoms with Gasteiger partial charge in [0.25, 0.3) is 0 Å². The smallest absolute Gasteiger partial charge is 0.422 e. The molecule has 0 aromatic carbocycles. The van der Waals surface area contributed by atoms with Crippen molar-refractivity contribution in [1.29, 1.82) is 0 Å². The number of ether oxygens (including phenoxy) is 2. The van der Waals surface area contributed by atoms with Gasteiger partial charge in [0.2, 0.25) is 0 Å². The molecule has 0 saturated heterocycles. The number of esters is 1. The summed E-state index contributed by atoms with van der Waals surface area (Å²) in [7, 11) is 1.24. The quantitative estimate of drug-likeness (QED) is 0.838. The normalized spacial score (nSPS) is 11.1. The van der Waals surface area contributed by atoms with Gasteiger partial charge in [-0.25, -0.2) is 14.6 Å². The van der Waals surface area contributed by atoms with Crippen LogP contribution in [0.2, 0.25) is 0 Å². The molecule has 21 heavy (non-hydrogen) atoms. The third-order valence-electron chi connectivity index (χ3n) is 2.19. The number of carbonyl (C=O) groups is 2. The maximum atomic E-state index is 11.8. The molecular weight excluding hydrogens is 313 g/mol. The van der Waals surface area contributed by atoms with E-state index in [2.05, 4.69) is 19.8 Å². The summed E-state index contributed by atoms with van der Waals surface area (Å²) in [6.45, 7) is 0.102. The Kier molecular flexibility index (Phi) is 5.94. The minimum absolute atomic E-state index is 0.0459. The van der Waals surface area contributed by atoms with Crippen LogP contribution in [0.25, 0.3) is 0 Å². The van der Waals surface area contributed by atoms with Crippen LogP contribution in [0.5, 0.6) is 0 Å². The van der Waals surface area contributed by atoms with Gasteiger partial charge in [0.1, 0.15) is 0 Å². The highest BCUT2D eigenvalue weighted by Crippen LogP contribution is 2.18. The lowest BCUT2D eigenvalue weighted by Crippen LogP contribution is -2.30. The number of alkyl halides is 3. The van der Waals surface area contributed by atoms with Crippen LogP contribution in [-0.4, -0.2) is 43.5 Å². The van der Waals surface area contributed by atoms with Gasteiger partial charge in [-0.3, -0.25) is 0 Å². The van der Waals surface area contributed by atoms with Crippen molar-refractivity contribution < 1.29 is 32.2 Å². The number of methoxy groups -OCH3 is 1. The number of rotatable bonds is 5. The number of carbonyl (C=O) groups excluding carboxylic acids is 2. The maximum Gasteiger partial charge on any atom is 0.422 e. The van der Waals surface area contributed by atoms with Crippen LogP contribution in [0.15, 0.2) is 0 Å². The number of hydrogen-bond acceptors (Lipinski definition) is 6. The van der Waals surface area contributed by atoms with Crippen LogP contribution in [0.4, 0.5) is 18.0 Å². The van der Waals surface area contributed by atoms with Gasteiger partial charge in [-0.1, -0.05) is 0 Å². The Morgan fingerprint density at radius 2 is 2.05 bits per heavy atom. The van der Waals surface area contributed by atoms with Crippen molar-refractivity contribution in [2.24, 2.45) is 0 Å². The monoisotopic (exact) mass is 326 g/mol. The highest BCUT2D eigenvalue weighted by molar-refractivity contribution is 7.11. The molecule has 1 amide bonds. The van der Waals surface area contributed by atoms with Gasteiger partial charge in [-0.05, 0) is 6.92 Å². The number of hydrogen-bond donors (Lipinski definition) is 1. The predicted molar refractivity (Wildman–Crippen MR) is 67.3 cm³/mol. The van der Waals surface area contributed by atoms with E-state index in [1.807, 2.05) is 0 Å². The predicted octanol–water partition coefficient (Wildman–Crippen LogP) is 2.07. The molecule has 0 atom stereocenters. The molecule has 0 unspecified atom stereocenters. The van der Waals surface area contributed by atoms with Crippen molar-refractivity contribution in [3.63, 3.8) is 0 Å². The van der Waals surface area contributed by atoms with Gasteiger partial charge >= 0.3 is 18.2 Å². The number of nitrogens with one attached hydrogen (secondary N) is 1.